The predicted octanol–water partition coefficient (Wildman–Crippen LogP) is 3.40. The smallest absolute Gasteiger partial charge is 0.190 e. The van der Waals surface area contributed by atoms with E-state index >= 15 is 0 Å². The van der Waals surface area contributed by atoms with Gasteiger partial charge >= 0.3 is 0 Å². The molecule has 0 aliphatic carbocycles. The molecule has 168 valence electrons. The van der Waals surface area contributed by atoms with Crippen molar-refractivity contribution in [1.82, 2.24) is 20.4 Å². The van der Waals surface area contributed by atoms with Crippen LogP contribution < -0.4 is 10.6 Å². The van der Waals surface area contributed by atoms with Gasteiger partial charge in [-0.1, -0.05) is 60.7 Å². The summed E-state index contributed by atoms with van der Waals surface area (Å²) in [4.78, 5) is 9.44. The van der Waals surface area contributed by atoms with E-state index in [0.717, 1.165) is 38.4 Å². The number of aliphatic imine (C=N–C) groups is 1. The Morgan fingerprint density at radius 1 is 0.871 bits per heavy atom. The molecular formula is C26H39N5. The molecule has 1 fully saturated rings. The van der Waals surface area contributed by atoms with Gasteiger partial charge in [-0.2, -0.15) is 0 Å². The lowest BCUT2D eigenvalue weighted by molar-refractivity contribution is 0.274. The minimum absolute atomic E-state index is 0.383. The van der Waals surface area contributed by atoms with Crippen LogP contribution in [-0.4, -0.2) is 75.7 Å². The molecule has 2 N–H and O–H groups in total. The van der Waals surface area contributed by atoms with Gasteiger partial charge in [0.2, 0.25) is 0 Å². The maximum absolute atomic E-state index is 4.41. The van der Waals surface area contributed by atoms with Gasteiger partial charge in [-0.15, -0.1) is 0 Å². The molecule has 0 saturated carbocycles. The summed E-state index contributed by atoms with van der Waals surface area (Å²) < 4.78 is 0. The molecule has 3 rings (SSSR count). The van der Waals surface area contributed by atoms with Crippen LogP contribution in [-0.2, 0) is 0 Å². The lowest BCUT2D eigenvalue weighted by atomic mass is 9.88. The molecule has 1 aliphatic heterocycles. The second-order valence-electron chi connectivity index (χ2n) is 8.44. The van der Waals surface area contributed by atoms with Crippen molar-refractivity contribution in [2.24, 2.45) is 4.99 Å². The van der Waals surface area contributed by atoms with E-state index in [2.05, 4.69) is 93.1 Å². The Bertz CT molecular complexity index is 722. The van der Waals surface area contributed by atoms with E-state index in [9.17, 15) is 0 Å². The second kappa shape index (κ2) is 13.1. The van der Waals surface area contributed by atoms with Crippen LogP contribution in [0, 0.1) is 0 Å². The van der Waals surface area contributed by atoms with E-state index in [1.54, 1.807) is 0 Å². The van der Waals surface area contributed by atoms with Crippen LogP contribution in [0.1, 0.15) is 36.3 Å². The van der Waals surface area contributed by atoms with Crippen LogP contribution >= 0.6 is 0 Å². The SMILES string of the molecule is CN=C(NCCCN1CCCN(C)CC1)NCCC(c1ccccc1)c1ccccc1. The van der Waals surface area contributed by atoms with Crippen LogP contribution in [0.2, 0.25) is 0 Å². The third kappa shape index (κ3) is 8.00. The first kappa shape index (κ1) is 23.3. The largest absolute Gasteiger partial charge is 0.356 e. The van der Waals surface area contributed by atoms with Crippen molar-refractivity contribution in [1.29, 1.82) is 0 Å². The molecule has 0 radical (unpaired) electrons. The van der Waals surface area contributed by atoms with E-state index in [1.165, 1.54) is 43.7 Å². The molecule has 1 heterocycles. The summed E-state index contributed by atoms with van der Waals surface area (Å²) in [5.41, 5.74) is 2.73. The van der Waals surface area contributed by atoms with Gasteiger partial charge in [-0.25, -0.2) is 0 Å². The van der Waals surface area contributed by atoms with Crippen molar-refractivity contribution in [3.8, 4) is 0 Å². The number of likely N-dealkylation sites (N-methyl/N-ethyl adjacent to an activating group) is 1. The minimum atomic E-state index is 0.383. The summed E-state index contributed by atoms with van der Waals surface area (Å²) in [6, 6.07) is 21.6. The molecule has 31 heavy (non-hydrogen) atoms. The van der Waals surface area contributed by atoms with E-state index in [1.807, 2.05) is 7.05 Å². The molecule has 2 aromatic carbocycles. The summed E-state index contributed by atoms with van der Waals surface area (Å²) in [7, 11) is 4.08. The lowest BCUT2D eigenvalue weighted by Crippen LogP contribution is -2.39. The van der Waals surface area contributed by atoms with Crippen LogP contribution in [0.3, 0.4) is 0 Å². The van der Waals surface area contributed by atoms with Crippen LogP contribution in [0.15, 0.2) is 65.7 Å². The Kier molecular flexibility index (Phi) is 9.87. The third-order valence-corrected chi connectivity index (χ3v) is 6.11. The van der Waals surface area contributed by atoms with Crippen molar-refractivity contribution in [2.45, 2.75) is 25.2 Å². The van der Waals surface area contributed by atoms with E-state index < -0.39 is 0 Å². The number of guanidine groups is 1. The molecule has 1 aliphatic rings. The monoisotopic (exact) mass is 421 g/mol. The average molecular weight is 422 g/mol. The second-order valence-corrected chi connectivity index (χ2v) is 8.44. The minimum Gasteiger partial charge on any atom is -0.356 e. The number of hydrogen-bond acceptors (Lipinski definition) is 3. The fourth-order valence-electron chi connectivity index (χ4n) is 4.29. The van der Waals surface area contributed by atoms with Gasteiger partial charge in [0.25, 0.3) is 0 Å². The molecule has 5 nitrogen and oxygen atoms in total. The summed E-state index contributed by atoms with van der Waals surface area (Å²) in [6.07, 6.45) is 3.44. The Labute approximate surface area is 188 Å². The highest BCUT2D eigenvalue weighted by Crippen LogP contribution is 2.27. The predicted molar refractivity (Wildman–Crippen MR) is 132 cm³/mol. The van der Waals surface area contributed by atoms with Crippen molar-refractivity contribution in [2.75, 3.05) is 59.9 Å². The van der Waals surface area contributed by atoms with Gasteiger partial charge in [0, 0.05) is 39.1 Å². The topological polar surface area (TPSA) is 42.9 Å². The molecule has 0 amide bonds. The molecule has 0 aromatic heterocycles. The molecular weight excluding hydrogens is 382 g/mol. The maximum Gasteiger partial charge on any atom is 0.190 e. The fraction of sp³-hybridized carbons (Fsp3) is 0.500. The summed E-state index contributed by atoms with van der Waals surface area (Å²) >= 11 is 0. The zero-order chi connectivity index (χ0) is 21.7. The molecule has 1 saturated heterocycles. The van der Waals surface area contributed by atoms with E-state index in [4.69, 9.17) is 0 Å². The zero-order valence-electron chi connectivity index (χ0n) is 19.3. The number of nitrogens with zero attached hydrogens (tertiary/aromatic N) is 3. The highest BCUT2D eigenvalue weighted by atomic mass is 15.2. The van der Waals surface area contributed by atoms with E-state index in [0.29, 0.717) is 5.92 Å². The fourth-order valence-corrected chi connectivity index (χ4v) is 4.29. The number of hydrogen-bond donors (Lipinski definition) is 2. The van der Waals surface area contributed by atoms with Crippen LogP contribution in [0.4, 0.5) is 0 Å². The molecule has 0 unspecified atom stereocenters. The van der Waals surface area contributed by atoms with Gasteiger partial charge < -0.3 is 20.4 Å². The Morgan fingerprint density at radius 3 is 2.16 bits per heavy atom. The van der Waals surface area contributed by atoms with Crippen LogP contribution in [0.5, 0.6) is 0 Å². The highest BCUT2D eigenvalue weighted by molar-refractivity contribution is 5.79. The highest BCUT2D eigenvalue weighted by Gasteiger charge is 2.14. The summed E-state index contributed by atoms with van der Waals surface area (Å²) in [5, 5.41) is 7.00. The van der Waals surface area contributed by atoms with Crippen LogP contribution in [0.25, 0.3) is 0 Å². The lowest BCUT2D eigenvalue weighted by Gasteiger charge is -2.21. The summed E-state index contributed by atoms with van der Waals surface area (Å²) in [6.45, 7) is 7.79. The summed E-state index contributed by atoms with van der Waals surface area (Å²) in [5.74, 6) is 1.28. The van der Waals surface area contributed by atoms with Gasteiger partial charge in [0.05, 0.1) is 0 Å². The molecule has 0 atom stereocenters. The van der Waals surface area contributed by atoms with Crippen molar-refractivity contribution < 1.29 is 0 Å². The van der Waals surface area contributed by atoms with Crippen molar-refractivity contribution in [3.63, 3.8) is 0 Å². The first-order valence-corrected chi connectivity index (χ1v) is 11.7. The van der Waals surface area contributed by atoms with Crippen molar-refractivity contribution >= 4 is 5.96 Å². The Balaban J connectivity index is 1.42. The molecule has 2 aromatic rings. The van der Waals surface area contributed by atoms with Gasteiger partial charge in [0.15, 0.2) is 5.96 Å². The maximum atomic E-state index is 4.41. The molecule has 5 heteroatoms. The third-order valence-electron chi connectivity index (χ3n) is 6.11. The number of rotatable bonds is 9. The number of nitrogens with one attached hydrogen (secondary N) is 2. The Morgan fingerprint density at radius 2 is 1.52 bits per heavy atom. The molecule has 0 spiro atoms. The van der Waals surface area contributed by atoms with Gasteiger partial charge in [0.1, 0.15) is 0 Å². The van der Waals surface area contributed by atoms with Gasteiger partial charge in [-0.05, 0) is 57.1 Å². The van der Waals surface area contributed by atoms with Gasteiger partial charge in [-0.3, -0.25) is 4.99 Å². The standard InChI is InChI=1S/C26H39N5/c1-27-26(28-16-9-19-31-20-10-18-30(2)21-22-31)29-17-15-25(23-11-5-3-6-12-23)24-13-7-4-8-14-24/h3-8,11-14,25H,9-10,15-22H2,1-2H3,(H2,27,28,29). The van der Waals surface area contributed by atoms with E-state index in [-0.39, 0.29) is 0 Å². The zero-order valence-corrected chi connectivity index (χ0v) is 19.3. The first-order chi connectivity index (χ1) is 15.3. The molecule has 0 bridgehead atoms. The average Bonchev–Trinajstić information content (AvgIpc) is 3.03. The normalized spacial score (nSPS) is 16.3. The number of benzene rings is 2. The first-order valence-electron chi connectivity index (χ1n) is 11.7. The van der Waals surface area contributed by atoms with Crippen molar-refractivity contribution in [3.05, 3.63) is 71.8 Å². The Hall–Kier alpha value is -2.37. The quantitative estimate of drug-likeness (QED) is 0.370.